The quantitative estimate of drug-likeness (QED) is 0.390. The van der Waals surface area contributed by atoms with Crippen LogP contribution in [0.2, 0.25) is 0 Å². The molecule has 3 heteroatoms. The van der Waals surface area contributed by atoms with Crippen molar-refractivity contribution in [3.05, 3.63) is 0 Å². The van der Waals surface area contributed by atoms with Gasteiger partial charge in [0.2, 0.25) is 0 Å². The van der Waals surface area contributed by atoms with E-state index in [1.165, 1.54) is 0 Å². The molecule has 0 aromatic carbocycles. The number of nitrogens with one attached hydrogen (secondary N) is 2. The van der Waals surface area contributed by atoms with Crippen LogP contribution in [-0.4, -0.2) is 32.2 Å². The SMILES string of the molecule is NCC1CNCCN1. The summed E-state index contributed by atoms with van der Waals surface area (Å²) in [5, 5.41) is 6.52. The second-order valence-electron chi connectivity index (χ2n) is 2.09. The van der Waals surface area contributed by atoms with Gasteiger partial charge in [-0.15, -0.1) is 0 Å². The molecule has 3 nitrogen and oxygen atoms in total. The van der Waals surface area contributed by atoms with Crippen molar-refractivity contribution in [2.45, 2.75) is 6.04 Å². The fourth-order valence-corrected chi connectivity index (χ4v) is 0.880. The highest BCUT2D eigenvalue weighted by atomic mass is 15.1. The van der Waals surface area contributed by atoms with Crippen LogP contribution in [0, 0.1) is 0 Å². The average molecular weight is 115 g/mol. The molecule has 8 heavy (non-hydrogen) atoms. The molecule has 1 atom stereocenters. The summed E-state index contributed by atoms with van der Waals surface area (Å²) < 4.78 is 0. The Kier molecular flexibility index (Phi) is 2.27. The van der Waals surface area contributed by atoms with Crippen LogP contribution in [0.5, 0.6) is 0 Å². The minimum atomic E-state index is 0.503. The van der Waals surface area contributed by atoms with Gasteiger partial charge >= 0.3 is 0 Å². The number of hydrogen-bond donors (Lipinski definition) is 3. The first-order chi connectivity index (χ1) is 3.93. The van der Waals surface area contributed by atoms with Crippen LogP contribution in [0.1, 0.15) is 0 Å². The third-order valence-electron chi connectivity index (χ3n) is 1.41. The summed E-state index contributed by atoms with van der Waals surface area (Å²) in [6, 6.07) is 0.503. The predicted octanol–water partition coefficient (Wildman–Crippen LogP) is -1.49. The van der Waals surface area contributed by atoms with E-state index in [1.54, 1.807) is 0 Å². The van der Waals surface area contributed by atoms with Gasteiger partial charge in [-0.25, -0.2) is 0 Å². The van der Waals surface area contributed by atoms with Crippen LogP contribution in [0.25, 0.3) is 0 Å². The van der Waals surface area contributed by atoms with E-state index >= 15 is 0 Å². The van der Waals surface area contributed by atoms with Crippen molar-refractivity contribution in [1.82, 2.24) is 10.6 Å². The zero-order chi connectivity index (χ0) is 5.82. The Labute approximate surface area is 49.6 Å². The van der Waals surface area contributed by atoms with Crippen molar-refractivity contribution in [3.63, 3.8) is 0 Å². The molecule has 0 spiro atoms. The summed E-state index contributed by atoms with van der Waals surface area (Å²) in [6.45, 7) is 3.90. The monoisotopic (exact) mass is 115 g/mol. The van der Waals surface area contributed by atoms with Gasteiger partial charge in [0.05, 0.1) is 0 Å². The van der Waals surface area contributed by atoms with Gasteiger partial charge in [-0.05, 0) is 0 Å². The molecule has 48 valence electrons. The molecule has 0 radical (unpaired) electrons. The molecule has 1 aliphatic heterocycles. The maximum Gasteiger partial charge on any atom is 0.0315 e. The second kappa shape index (κ2) is 3.02. The van der Waals surface area contributed by atoms with Gasteiger partial charge in [0.15, 0.2) is 0 Å². The van der Waals surface area contributed by atoms with Crippen molar-refractivity contribution in [2.24, 2.45) is 5.73 Å². The Hall–Kier alpha value is -0.120. The normalized spacial score (nSPS) is 30.4. The molecular weight excluding hydrogens is 102 g/mol. The van der Waals surface area contributed by atoms with E-state index in [4.69, 9.17) is 5.73 Å². The molecule has 0 aromatic rings. The Morgan fingerprint density at radius 2 is 2.38 bits per heavy atom. The van der Waals surface area contributed by atoms with Gasteiger partial charge in [0.1, 0.15) is 0 Å². The van der Waals surface area contributed by atoms with Gasteiger partial charge in [-0.2, -0.15) is 0 Å². The minimum absolute atomic E-state index is 0.503. The van der Waals surface area contributed by atoms with Crippen LogP contribution in [-0.2, 0) is 0 Å². The third kappa shape index (κ3) is 1.43. The van der Waals surface area contributed by atoms with Crippen molar-refractivity contribution in [1.29, 1.82) is 0 Å². The summed E-state index contributed by atoms with van der Waals surface area (Å²) in [6.07, 6.45) is 0. The molecule has 0 saturated carbocycles. The highest BCUT2D eigenvalue weighted by Gasteiger charge is 2.07. The largest absolute Gasteiger partial charge is 0.329 e. The fourth-order valence-electron chi connectivity index (χ4n) is 0.880. The highest BCUT2D eigenvalue weighted by Crippen LogP contribution is 1.80. The Morgan fingerprint density at radius 3 is 2.75 bits per heavy atom. The molecule has 4 N–H and O–H groups in total. The van der Waals surface area contributed by atoms with Crippen molar-refractivity contribution in [3.8, 4) is 0 Å². The maximum atomic E-state index is 5.40. The lowest BCUT2D eigenvalue weighted by molar-refractivity contribution is 0.425. The summed E-state index contributed by atoms with van der Waals surface area (Å²) in [5.74, 6) is 0. The van der Waals surface area contributed by atoms with Crippen molar-refractivity contribution < 1.29 is 0 Å². The molecule has 1 unspecified atom stereocenters. The molecule has 0 aromatic heterocycles. The molecule has 0 bridgehead atoms. The van der Waals surface area contributed by atoms with E-state index in [2.05, 4.69) is 10.6 Å². The summed E-state index contributed by atoms with van der Waals surface area (Å²) in [7, 11) is 0. The van der Waals surface area contributed by atoms with E-state index in [0.29, 0.717) is 6.04 Å². The standard InChI is InChI=1S/C5H13N3/c6-3-5-4-7-1-2-8-5/h5,7-8H,1-4,6H2. The Bertz CT molecular complexity index is 58.7. The Balaban J connectivity index is 2.13. The van der Waals surface area contributed by atoms with Crippen molar-refractivity contribution in [2.75, 3.05) is 26.2 Å². The van der Waals surface area contributed by atoms with Crippen LogP contribution in [0.3, 0.4) is 0 Å². The lowest BCUT2D eigenvalue weighted by atomic mass is 10.2. The van der Waals surface area contributed by atoms with Crippen LogP contribution < -0.4 is 16.4 Å². The van der Waals surface area contributed by atoms with E-state index < -0.39 is 0 Å². The minimum Gasteiger partial charge on any atom is -0.329 e. The molecular formula is C5H13N3. The van der Waals surface area contributed by atoms with Gasteiger partial charge < -0.3 is 16.4 Å². The van der Waals surface area contributed by atoms with E-state index in [0.717, 1.165) is 26.2 Å². The third-order valence-corrected chi connectivity index (χ3v) is 1.41. The summed E-state index contributed by atoms with van der Waals surface area (Å²) >= 11 is 0. The first-order valence-electron chi connectivity index (χ1n) is 3.07. The Morgan fingerprint density at radius 1 is 1.50 bits per heavy atom. The summed E-state index contributed by atoms with van der Waals surface area (Å²) in [5.41, 5.74) is 5.40. The zero-order valence-electron chi connectivity index (χ0n) is 4.98. The van der Waals surface area contributed by atoms with Crippen LogP contribution in [0.15, 0.2) is 0 Å². The second-order valence-corrected chi connectivity index (χ2v) is 2.09. The molecule has 0 amide bonds. The maximum absolute atomic E-state index is 5.40. The molecule has 0 aliphatic carbocycles. The fraction of sp³-hybridized carbons (Fsp3) is 1.00. The van der Waals surface area contributed by atoms with E-state index in [9.17, 15) is 0 Å². The first-order valence-corrected chi connectivity index (χ1v) is 3.07. The lowest BCUT2D eigenvalue weighted by Gasteiger charge is -2.22. The molecule has 1 fully saturated rings. The molecule has 1 heterocycles. The average Bonchev–Trinajstić information content (AvgIpc) is 1.90. The number of hydrogen-bond acceptors (Lipinski definition) is 3. The van der Waals surface area contributed by atoms with Gasteiger partial charge in [-0.3, -0.25) is 0 Å². The van der Waals surface area contributed by atoms with Gasteiger partial charge in [0.25, 0.3) is 0 Å². The zero-order valence-corrected chi connectivity index (χ0v) is 4.98. The number of rotatable bonds is 1. The topological polar surface area (TPSA) is 50.1 Å². The number of nitrogens with two attached hydrogens (primary N) is 1. The smallest absolute Gasteiger partial charge is 0.0315 e. The molecule has 1 aliphatic rings. The molecule has 1 rings (SSSR count). The molecule has 1 saturated heterocycles. The number of piperazine rings is 1. The first kappa shape index (κ1) is 6.01. The van der Waals surface area contributed by atoms with Crippen LogP contribution >= 0.6 is 0 Å². The van der Waals surface area contributed by atoms with Gasteiger partial charge in [0, 0.05) is 32.2 Å². The van der Waals surface area contributed by atoms with E-state index in [1.807, 2.05) is 0 Å². The van der Waals surface area contributed by atoms with Crippen LogP contribution in [0.4, 0.5) is 0 Å². The predicted molar refractivity (Wildman–Crippen MR) is 33.7 cm³/mol. The lowest BCUT2D eigenvalue weighted by Crippen LogP contribution is -2.51. The van der Waals surface area contributed by atoms with E-state index in [-0.39, 0.29) is 0 Å². The van der Waals surface area contributed by atoms with Crippen molar-refractivity contribution >= 4 is 0 Å². The van der Waals surface area contributed by atoms with Gasteiger partial charge in [-0.1, -0.05) is 0 Å². The summed E-state index contributed by atoms with van der Waals surface area (Å²) in [4.78, 5) is 0. The highest BCUT2D eigenvalue weighted by molar-refractivity contribution is 4.75.